The van der Waals surface area contributed by atoms with E-state index in [0.29, 0.717) is 18.7 Å². The van der Waals surface area contributed by atoms with Crippen LogP contribution in [0.5, 0.6) is 0 Å². The highest BCUT2D eigenvalue weighted by Gasteiger charge is 2.22. The van der Waals surface area contributed by atoms with E-state index in [9.17, 15) is 4.79 Å². The highest BCUT2D eigenvalue weighted by molar-refractivity contribution is 5.94. The van der Waals surface area contributed by atoms with E-state index in [1.807, 2.05) is 85.5 Å². The quantitative estimate of drug-likeness (QED) is 0.673. The highest BCUT2D eigenvalue weighted by atomic mass is 16.2. The van der Waals surface area contributed by atoms with E-state index in [1.54, 1.807) is 6.20 Å². The van der Waals surface area contributed by atoms with Gasteiger partial charge in [-0.3, -0.25) is 14.2 Å². The van der Waals surface area contributed by atoms with Gasteiger partial charge >= 0.3 is 0 Å². The monoisotopic (exact) mass is 365 g/mol. The number of nitrogens with zero attached hydrogens (tertiary/aromatic N) is 5. The smallest absolute Gasteiger partial charge is 0.254 e. The van der Waals surface area contributed by atoms with E-state index in [1.165, 1.54) is 0 Å². The van der Waals surface area contributed by atoms with Crippen molar-refractivity contribution in [2.45, 2.75) is 46.8 Å². The number of hydrogen-bond acceptors (Lipinski definition) is 3. The van der Waals surface area contributed by atoms with Crippen LogP contribution >= 0.6 is 0 Å². The van der Waals surface area contributed by atoms with E-state index in [-0.39, 0.29) is 11.9 Å². The molecule has 0 unspecified atom stereocenters. The van der Waals surface area contributed by atoms with E-state index >= 15 is 0 Å². The number of carbonyl (C=O) groups is 1. The second-order valence-corrected chi connectivity index (χ2v) is 7.20. The number of aryl methyl sites for hydroxylation is 2. The Hall–Kier alpha value is -2.89. The molecule has 142 valence electrons. The van der Waals surface area contributed by atoms with E-state index in [4.69, 9.17) is 0 Å². The Morgan fingerprint density at radius 3 is 2.59 bits per heavy atom. The number of carbonyl (C=O) groups excluding carboxylic acids is 1. The molecular weight excluding hydrogens is 338 g/mol. The van der Waals surface area contributed by atoms with Gasteiger partial charge in [0.15, 0.2) is 0 Å². The first kappa shape index (κ1) is 18.9. The molecule has 0 N–H and O–H groups in total. The average Bonchev–Trinajstić information content (AvgIpc) is 3.21. The van der Waals surface area contributed by atoms with Crippen molar-refractivity contribution < 1.29 is 4.79 Å². The lowest BCUT2D eigenvalue weighted by Gasteiger charge is -2.27. The van der Waals surface area contributed by atoms with Crippen LogP contribution in [0, 0.1) is 13.8 Å². The molecule has 0 spiro atoms. The first-order chi connectivity index (χ1) is 12.9. The van der Waals surface area contributed by atoms with Crippen molar-refractivity contribution in [3.63, 3.8) is 0 Å². The molecule has 0 radical (unpaired) electrons. The van der Waals surface area contributed by atoms with Crippen LogP contribution in [0.15, 0.2) is 42.7 Å². The van der Waals surface area contributed by atoms with Crippen molar-refractivity contribution in [3.8, 4) is 0 Å². The normalized spacial score (nSPS) is 11.2. The third kappa shape index (κ3) is 4.10. The molecule has 0 aliphatic heterocycles. The van der Waals surface area contributed by atoms with Gasteiger partial charge in [0.2, 0.25) is 0 Å². The summed E-state index contributed by atoms with van der Waals surface area (Å²) >= 11 is 0. The minimum atomic E-state index is 0.0370. The summed E-state index contributed by atoms with van der Waals surface area (Å²) in [4.78, 5) is 15.2. The molecule has 0 saturated carbocycles. The van der Waals surface area contributed by atoms with Gasteiger partial charge in [-0.2, -0.15) is 10.2 Å². The summed E-state index contributed by atoms with van der Waals surface area (Å²) in [6, 6.07) is 9.79. The van der Waals surface area contributed by atoms with E-state index < -0.39 is 0 Å². The lowest BCUT2D eigenvalue weighted by atomic mass is 10.1. The number of rotatable bonds is 6. The minimum absolute atomic E-state index is 0.0370. The lowest BCUT2D eigenvalue weighted by Crippen LogP contribution is -2.36. The van der Waals surface area contributed by atoms with Crippen LogP contribution in [0.25, 0.3) is 0 Å². The molecule has 2 aromatic heterocycles. The van der Waals surface area contributed by atoms with Crippen LogP contribution in [-0.2, 0) is 20.1 Å². The average molecular weight is 365 g/mol. The highest BCUT2D eigenvalue weighted by Crippen LogP contribution is 2.19. The van der Waals surface area contributed by atoms with Crippen LogP contribution in [-0.4, -0.2) is 36.4 Å². The van der Waals surface area contributed by atoms with Crippen molar-refractivity contribution in [2.24, 2.45) is 7.05 Å². The number of benzene rings is 1. The first-order valence-corrected chi connectivity index (χ1v) is 9.23. The molecule has 0 aliphatic rings. The Morgan fingerprint density at radius 1 is 1.22 bits per heavy atom. The Labute approximate surface area is 160 Å². The number of amides is 1. The molecule has 1 amide bonds. The first-order valence-electron chi connectivity index (χ1n) is 9.23. The topological polar surface area (TPSA) is 56.0 Å². The summed E-state index contributed by atoms with van der Waals surface area (Å²) < 4.78 is 3.73. The van der Waals surface area contributed by atoms with Crippen molar-refractivity contribution in [3.05, 3.63) is 70.8 Å². The third-order valence-corrected chi connectivity index (χ3v) is 4.95. The van der Waals surface area contributed by atoms with Crippen molar-refractivity contribution in [2.75, 3.05) is 0 Å². The van der Waals surface area contributed by atoms with Crippen molar-refractivity contribution in [1.82, 2.24) is 24.5 Å². The van der Waals surface area contributed by atoms with Crippen molar-refractivity contribution >= 4 is 5.91 Å². The molecule has 3 aromatic rings. The summed E-state index contributed by atoms with van der Waals surface area (Å²) in [6.07, 6.45) is 3.68. The van der Waals surface area contributed by atoms with Crippen molar-refractivity contribution in [1.29, 1.82) is 0 Å². The third-order valence-electron chi connectivity index (χ3n) is 4.95. The van der Waals surface area contributed by atoms with Gasteiger partial charge in [0, 0.05) is 48.8 Å². The molecule has 6 heteroatoms. The van der Waals surface area contributed by atoms with Crippen LogP contribution in [0.2, 0.25) is 0 Å². The molecule has 0 saturated heterocycles. The fraction of sp³-hybridized carbons (Fsp3) is 0.381. The fourth-order valence-corrected chi connectivity index (χ4v) is 3.26. The van der Waals surface area contributed by atoms with Gasteiger partial charge < -0.3 is 4.90 Å². The largest absolute Gasteiger partial charge is 0.332 e. The van der Waals surface area contributed by atoms with Gasteiger partial charge in [-0.1, -0.05) is 12.1 Å². The molecule has 2 heterocycles. The molecule has 0 fully saturated rings. The molecule has 0 bridgehead atoms. The van der Waals surface area contributed by atoms with Crippen LogP contribution in [0.3, 0.4) is 0 Å². The van der Waals surface area contributed by atoms with Gasteiger partial charge in [-0.05, 0) is 51.5 Å². The summed E-state index contributed by atoms with van der Waals surface area (Å²) in [5.41, 5.74) is 4.95. The summed E-state index contributed by atoms with van der Waals surface area (Å²) in [5.74, 6) is 0.0370. The Balaban J connectivity index is 1.85. The summed E-state index contributed by atoms with van der Waals surface area (Å²) in [7, 11) is 1.94. The number of hydrogen-bond donors (Lipinski definition) is 0. The Bertz CT molecular complexity index is 924. The molecule has 3 rings (SSSR count). The Morgan fingerprint density at radius 2 is 2.00 bits per heavy atom. The molecule has 6 nitrogen and oxygen atoms in total. The predicted molar refractivity (Wildman–Crippen MR) is 105 cm³/mol. The predicted octanol–water partition coefficient (Wildman–Crippen LogP) is 3.33. The molecule has 0 aliphatic carbocycles. The fourth-order valence-electron chi connectivity index (χ4n) is 3.26. The standard InChI is InChI=1S/C21H27N5O/c1-15(2)26(14-20-16(3)23-24(5)17(20)4)21(27)19-9-6-8-18(12-19)13-25-11-7-10-22-25/h6-12,15H,13-14H2,1-5H3. The zero-order valence-corrected chi connectivity index (χ0v) is 16.7. The zero-order valence-electron chi connectivity index (χ0n) is 16.7. The molecule has 0 atom stereocenters. The maximum absolute atomic E-state index is 13.3. The van der Waals surface area contributed by atoms with E-state index in [2.05, 4.69) is 10.2 Å². The van der Waals surface area contributed by atoms with Gasteiger partial charge in [-0.25, -0.2) is 0 Å². The molecular formula is C21H27N5O. The van der Waals surface area contributed by atoms with Gasteiger partial charge in [0.1, 0.15) is 0 Å². The van der Waals surface area contributed by atoms with Crippen LogP contribution in [0.1, 0.15) is 46.7 Å². The zero-order chi connectivity index (χ0) is 19.6. The maximum Gasteiger partial charge on any atom is 0.254 e. The summed E-state index contributed by atoms with van der Waals surface area (Å²) in [5, 5.41) is 8.72. The Kier molecular flexibility index (Phi) is 5.44. The second kappa shape index (κ2) is 7.78. The van der Waals surface area contributed by atoms with Gasteiger partial charge in [-0.15, -0.1) is 0 Å². The van der Waals surface area contributed by atoms with E-state index in [0.717, 1.165) is 22.5 Å². The summed E-state index contributed by atoms with van der Waals surface area (Å²) in [6.45, 7) is 9.35. The van der Waals surface area contributed by atoms with Crippen LogP contribution in [0.4, 0.5) is 0 Å². The second-order valence-electron chi connectivity index (χ2n) is 7.20. The van der Waals surface area contributed by atoms with Gasteiger partial charge in [0.05, 0.1) is 12.2 Å². The van der Waals surface area contributed by atoms with Crippen LogP contribution < -0.4 is 0 Å². The number of aromatic nitrogens is 4. The molecule has 1 aromatic carbocycles. The van der Waals surface area contributed by atoms with Gasteiger partial charge in [0.25, 0.3) is 5.91 Å². The lowest BCUT2D eigenvalue weighted by molar-refractivity contribution is 0.0689. The molecule has 27 heavy (non-hydrogen) atoms. The minimum Gasteiger partial charge on any atom is -0.332 e. The SMILES string of the molecule is Cc1nn(C)c(C)c1CN(C(=O)c1cccc(Cn2cccn2)c1)C(C)C. The maximum atomic E-state index is 13.3.